The van der Waals surface area contributed by atoms with E-state index < -0.39 is 5.97 Å². The van der Waals surface area contributed by atoms with Crippen molar-refractivity contribution in [1.82, 2.24) is 9.97 Å². The first-order valence-corrected chi connectivity index (χ1v) is 9.38. The van der Waals surface area contributed by atoms with Crippen LogP contribution in [-0.4, -0.2) is 15.9 Å². The van der Waals surface area contributed by atoms with Gasteiger partial charge < -0.3 is 4.74 Å². The van der Waals surface area contributed by atoms with Crippen LogP contribution in [0.4, 0.5) is 0 Å². The van der Waals surface area contributed by atoms with Crippen molar-refractivity contribution in [2.45, 2.75) is 24.8 Å². The molecule has 0 atom stereocenters. The largest absolute Gasteiger partial charge is 0.421 e. The second-order valence-electron chi connectivity index (χ2n) is 5.74. The van der Waals surface area contributed by atoms with Crippen molar-refractivity contribution in [3.8, 4) is 5.75 Å². The van der Waals surface area contributed by atoms with Crippen molar-refractivity contribution in [3.05, 3.63) is 82.1 Å². The summed E-state index contributed by atoms with van der Waals surface area (Å²) in [5, 5.41) is 1.13. The Bertz CT molecular complexity index is 912. The van der Waals surface area contributed by atoms with Crippen LogP contribution in [0.25, 0.3) is 0 Å². The molecule has 2 aromatic carbocycles. The second-order valence-corrected chi connectivity index (χ2v) is 7.09. The lowest BCUT2D eigenvalue weighted by atomic mass is 10.2. The third-order valence-corrected chi connectivity index (χ3v) is 4.75. The number of benzene rings is 2. The van der Waals surface area contributed by atoms with Gasteiger partial charge in [-0.2, -0.15) is 0 Å². The molecule has 0 bridgehead atoms. The van der Waals surface area contributed by atoms with Crippen LogP contribution in [0.5, 0.6) is 5.75 Å². The Balaban J connectivity index is 1.66. The van der Waals surface area contributed by atoms with Gasteiger partial charge in [0, 0.05) is 17.1 Å². The molecule has 0 saturated heterocycles. The first-order valence-electron chi connectivity index (χ1n) is 8.02. The number of thioether (sulfide) groups is 1. The van der Waals surface area contributed by atoms with E-state index in [1.54, 1.807) is 36.4 Å². The highest BCUT2D eigenvalue weighted by Gasteiger charge is 2.11. The highest BCUT2D eigenvalue weighted by molar-refractivity contribution is 7.98. The summed E-state index contributed by atoms with van der Waals surface area (Å²) in [6.07, 6.45) is 0. The van der Waals surface area contributed by atoms with Crippen LogP contribution < -0.4 is 4.74 Å². The van der Waals surface area contributed by atoms with Gasteiger partial charge in [-0.25, -0.2) is 14.8 Å². The highest BCUT2D eigenvalue weighted by Crippen LogP contribution is 2.29. The van der Waals surface area contributed by atoms with Gasteiger partial charge in [0.1, 0.15) is 5.75 Å². The minimum Gasteiger partial charge on any atom is -0.421 e. The maximum absolute atomic E-state index is 12.1. The van der Waals surface area contributed by atoms with Crippen molar-refractivity contribution < 1.29 is 9.53 Å². The molecule has 0 spiro atoms. The van der Waals surface area contributed by atoms with Crippen molar-refractivity contribution >= 4 is 29.3 Å². The van der Waals surface area contributed by atoms with Gasteiger partial charge in [0.2, 0.25) is 0 Å². The van der Waals surface area contributed by atoms with Crippen LogP contribution in [0.3, 0.4) is 0 Å². The van der Waals surface area contributed by atoms with Crippen LogP contribution >= 0.6 is 23.4 Å². The lowest BCUT2D eigenvalue weighted by molar-refractivity contribution is 0.0735. The van der Waals surface area contributed by atoms with E-state index in [0.29, 0.717) is 22.1 Å². The fourth-order valence-electron chi connectivity index (χ4n) is 2.36. The Morgan fingerprint density at radius 1 is 1.04 bits per heavy atom. The third kappa shape index (κ3) is 4.84. The first kappa shape index (κ1) is 18.4. The van der Waals surface area contributed by atoms with E-state index in [1.165, 1.54) is 11.8 Å². The van der Waals surface area contributed by atoms with Crippen molar-refractivity contribution in [2.75, 3.05) is 0 Å². The Kier molecular flexibility index (Phi) is 5.91. The molecule has 26 heavy (non-hydrogen) atoms. The van der Waals surface area contributed by atoms with Gasteiger partial charge in [-0.05, 0) is 49.7 Å². The number of carbonyl (C=O) groups excluding carboxylic acids is 1. The average Bonchev–Trinajstić information content (AvgIpc) is 2.62. The number of halogens is 1. The fourth-order valence-corrected chi connectivity index (χ4v) is 3.49. The van der Waals surface area contributed by atoms with Crippen molar-refractivity contribution in [2.24, 2.45) is 0 Å². The van der Waals surface area contributed by atoms with Crippen LogP contribution in [0.15, 0.2) is 59.8 Å². The molecule has 0 N–H and O–H groups in total. The zero-order chi connectivity index (χ0) is 18.5. The van der Waals surface area contributed by atoms with E-state index in [-0.39, 0.29) is 0 Å². The molecule has 3 rings (SSSR count). The number of rotatable bonds is 5. The summed E-state index contributed by atoms with van der Waals surface area (Å²) in [4.78, 5) is 20.9. The SMILES string of the molecule is Cc1cc(C)nc(SCc2ccc(OC(=O)c3ccccc3)c(Cl)c2)n1. The van der Waals surface area contributed by atoms with Crippen LogP contribution in [0, 0.1) is 13.8 Å². The van der Waals surface area contributed by atoms with E-state index in [4.69, 9.17) is 16.3 Å². The predicted molar refractivity (Wildman–Crippen MR) is 104 cm³/mol. The molecule has 0 aliphatic heterocycles. The summed E-state index contributed by atoms with van der Waals surface area (Å²) in [7, 11) is 0. The monoisotopic (exact) mass is 384 g/mol. The molecule has 0 radical (unpaired) electrons. The molecule has 6 heteroatoms. The molecule has 132 valence electrons. The molecular weight excluding hydrogens is 368 g/mol. The Morgan fingerprint density at radius 3 is 2.38 bits per heavy atom. The van der Waals surface area contributed by atoms with Gasteiger partial charge in [0.05, 0.1) is 10.6 Å². The minimum absolute atomic E-state index is 0.344. The predicted octanol–water partition coefficient (Wildman–Crippen LogP) is 5.26. The van der Waals surface area contributed by atoms with E-state index in [1.807, 2.05) is 32.0 Å². The zero-order valence-electron chi connectivity index (χ0n) is 14.4. The minimum atomic E-state index is -0.432. The Morgan fingerprint density at radius 2 is 1.73 bits per heavy atom. The molecule has 3 aromatic rings. The molecule has 1 aromatic heterocycles. The Hall–Kier alpha value is -2.37. The Labute approximate surface area is 161 Å². The normalized spacial score (nSPS) is 10.6. The van der Waals surface area contributed by atoms with Crippen LogP contribution in [0.2, 0.25) is 5.02 Å². The number of esters is 1. The molecule has 0 amide bonds. The second kappa shape index (κ2) is 8.34. The number of carbonyl (C=O) groups is 1. The zero-order valence-corrected chi connectivity index (χ0v) is 16.0. The molecule has 0 aliphatic carbocycles. The fraction of sp³-hybridized carbons (Fsp3) is 0.150. The number of nitrogens with zero attached hydrogens (tertiary/aromatic N) is 2. The maximum atomic E-state index is 12.1. The number of ether oxygens (including phenoxy) is 1. The van der Waals surface area contributed by atoms with Gasteiger partial charge in [-0.15, -0.1) is 0 Å². The number of hydrogen-bond donors (Lipinski definition) is 0. The van der Waals surface area contributed by atoms with Gasteiger partial charge in [-0.1, -0.05) is 47.6 Å². The number of aryl methyl sites for hydroxylation is 2. The van der Waals surface area contributed by atoms with Gasteiger partial charge in [-0.3, -0.25) is 0 Å². The molecule has 0 aliphatic rings. The molecular formula is C20H17ClN2O2S. The van der Waals surface area contributed by atoms with E-state index in [0.717, 1.165) is 22.1 Å². The summed E-state index contributed by atoms with van der Waals surface area (Å²) in [6, 6.07) is 16.1. The summed E-state index contributed by atoms with van der Waals surface area (Å²) in [5.41, 5.74) is 3.37. The summed E-state index contributed by atoms with van der Waals surface area (Å²) in [6.45, 7) is 3.90. The summed E-state index contributed by atoms with van der Waals surface area (Å²) < 4.78 is 5.38. The molecule has 1 heterocycles. The summed E-state index contributed by atoms with van der Waals surface area (Å²) >= 11 is 7.81. The van der Waals surface area contributed by atoms with Crippen LogP contribution in [-0.2, 0) is 5.75 Å². The average molecular weight is 385 g/mol. The number of aromatic nitrogens is 2. The summed E-state index contributed by atoms with van der Waals surface area (Å²) in [5.74, 6) is 0.588. The van der Waals surface area contributed by atoms with Gasteiger partial charge in [0.15, 0.2) is 5.16 Å². The molecule has 0 saturated carbocycles. The van der Waals surface area contributed by atoms with Crippen LogP contribution in [0.1, 0.15) is 27.3 Å². The van der Waals surface area contributed by atoms with E-state index in [9.17, 15) is 4.79 Å². The van der Waals surface area contributed by atoms with Gasteiger partial charge >= 0.3 is 5.97 Å². The maximum Gasteiger partial charge on any atom is 0.343 e. The molecule has 0 fully saturated rings. The van der Waals surface area contributed by atoms with E-state index >= 15 is 0 Å². The van der Waals surface area contributed by atoms with Gasteiger partial charge in [0.25, 0.3) is 0 Å². The number of hydrogen-bond acceptors (Lipinski definition) is 5. The molecule has 0 unspecified atom stereocenters. The lowest BCUT2D eigenvalue weighted by Crippen LogP contribution is -2.08. The topological polar surface area (TPSA) is 52.1 Å². The standard InChI is InChI=1S/C20H17ClN2O2S/c1-13-10-14(2)23-20(22-13)26-12-15-8-9-18(17(21)11-15)25-19(24)16-6-4-3-5-7-16/h3-11H,12H2,1-2H3. The quantitative estimate of drug-likeness (QED) is 0.260. The third-order valence-electron chi connectivity index (χ3n) is 3.54. The first-order chi connectivity index (χ1) is 12.5. The lowest BCUT2D eigenvalue weighted by Gasteiger charge is -2.08. The smallest absolute Gasteiger partial charge is 0.343 e. The van der Waals surface area contributed by atoms with Crippen molar-refractivity contribution in [1.29, 1.82) is 0 Å². The van der Waals surface area contributed by atoms with Crippen molar-refractivity contribution in [3.63, 3.8) is 0 Å². The molecule has 4 nitrogen and oxygen atoms in total. The van der Waals surface area contributed by atoms with E-state index in [2.05, 4.69) is 9.97 Å². The highest BCUT2D eigenvalue weighted by atomic mass is 35.5.